The van der Waals surface area contributed by atoms with Crippen LogP contribution in [0.5, 0.6) is 5.75 Å². The minimum atomic E-state index is 0.0660. The standard InChI is InChI=1S/C29H30N2O2S/c30-23-11-6-10-22(18-23)26(32)20-31(19-21-8-2-1-3-9-21)16-17-33-27-14-7-13-25-24-12-4-5-15-28(24)34-29(25)27/h1-3,6-11,13-14,18H,4-5,12,15-17,19-20,30H2. The molecule has 0 radical (unpaired) electrons. The number of carbonyl (C=O) groups excluding carboxylic acids is 1. The molecule has 1 aromatic heterocycles. The molecule has 1 aliphatic rings. The van der Waals surface area contributed by atoms with Crippen molar-refractivity contribution in [2.75, 3.05) is 25.4 Å². The SMILES string of the molecule is Nc1cccc(C(=O)CN(CCOc2cccc3c4c(sc23)CCCC4)Cc2ccccc2)c1. The molecule has 0 amide bonds. The van der Waals surface area contributed by atoms with E-state index < -0.39 is 0 Å². The van der Waals surface area contributed by atoms with Gasteiger partial charge in [-0.15, -0.1) is 11.3 Å². The van der Waals surface area contributed by atoms with Crippen LogP contribution in [0.25, 0.3) is 10.1 Å². The number of nitrogens with two attached hydrogens (primary N) is 1. The largest absolute Gasteiger partial charge is 0.491 e. The quantitative estimate of drug-likeness (QED) is 0.236. The molecule has 2 N–H and O–H groups in total. The van der Waals surface area contributed by atoms with Gasteiger partial charge < -0.3 is 10.5 Å². The Morgan fingerprint density at radius 2 is 1.79 bits per heavy atom. The fourth-order valence-electron chi connectivity index (χ4n) is 4.72. The highest BCUT2D eigenvalue weighted by Crippen LogP contribution is 2.40. The highest BCUT2D eigenvalue weighted by atomic mass is 32.1. The number of ether oxygens (including phenoxy) is 1. The maximum atomic E-state index is 13.0. The van der Waals surface area contributed by atoms with Crippen LogP contribution < -0.4 is 10.5 Å². The number of aryl methyl sites for hydroxylation is 2. The highest BCUT2D eigenvalue weighted by molar-refractivity contribution is 7.19. The van der Waals surface area contributed by atoms with Crippen molar-refractivity contribution in [3.8, 4) is 5.75 Å². The summed E-state index contributed by atoms with van der Waals surface area (Å²) in [5.74, 6) is 1.02. The third-order valence-electron chi connectivity index (χ3n) is 6.44. The molecule has 0 atom stereocenters. The lowest BCUT2D eigenvalue weighted by Gasteiger charge is -2.22. The van der Waals surface area contributed by atoms with Gasteiger partial charge in [-0.05, 0) is 60.4 Å². The summed E-state index contributed by atoms with van der Waals surface area (Å²) in [6.07, 6.45) is 4.92. The second kappa shape index (κ2) is 10.4. The first-order chi connectivity index (χ1) is 16.7. The lowest BCUT2D eigenvalue weighted by atomic mass is 9.96. The number of nitrogens with zero attached hydrogens (tertiary/aromatic N) is 1. The van der Waals surface area contributed by atoms with Gasteiger partial charge in [0.2, 0.25) is 0 Å². The predicted octanol–water partition coefficient (Wildman–Crippen LogP) is 6.13. The van der Waals surface area contributed by atoms with Crippen LogP contribution >= 0.6 is 11.3 Å². The molecule has 3 aromatic carbocycles. The zero-order chi connectivity index (χ0) is 23.3. The van der Waals surface area contributed by atoms with E-state index in [4.69, 9.17) is 10.5 Å². The van der Waals surface area contributed by atoms with Gasteiger partial charge in [0.05, 0.1) is 11.2 Å². The number of nitrogen functional groups attached to an aromatic ring is 1. The topological polar surface area (TPSA) is 55.6 Å². The Kier molecular flexibility index (Phi) is 6.93. The first-order valence-corrected chi connectivity index (χ1v) is 12.8. The van der Waals surface area contributed by atoms with Crippen molar-refractivity contribution < 1.29 is 9.53 Å². The zero-order valence-corrected chi connectivity index (χ0v) is 20.2. The lowest BCUT2D eigenvalue weighted by molar-refractivity contribution is 0.0913. The maximum Gasteiger partial charge on any atom is 0.176 e. The summed E-state index contributed by atoms with van der Waals surface area (Å²) in [6.45, 7) is 2.19. The van der Waals surface area contributed by atoms with Gasteiger partial charge in [0.25, 0.3) is 0 Å². The fourth-order valence-corrected chi connectivity index (χ4v) is 6.07. The molecule has 4 nitrogen and oxygen atoms in total. The van der Waals surface area contributed by atoms with Crippen LogP contribution in [0.3, 0.4) is 0 Å². The molecule has 0 saturated carbocycles. The molecule has 34 heavy (non-hydrogen) atoms. The fraction of sp³-hybridized carbons (Fsp3) is 0.276. The average Bonchev–Trinajstić information content (AvgIpc) is 3.24. The molecular formula is C29H30N2O2S. The van der Waals surface area contributed by atoms with Gasteiger partial charge in [-0.1, -0.05) is 54.6 Å². The van der Waals surface area contributed by atoms with Crippen molar-refractivity contribution in [2.45, 2.75) is 32.2 Å². The monoisotopic (exact) mass is 470 g/mol. The smallest absolute Gasteiger partial charge is 0.176 e. The third-order valence-corrected chi connectivity index (χ3v) is 7.76. The number of fused-ring (bicyclic) bond motifs is 3. The highest BCUT2D eigenvalue weighted by Gasteiger charge is 2.19. The van der Waals surface area contributed by atoms with Gasteiger partial charge in [0.15, 0.2) is 5.78 Å². The van der Waals surface area contributed by atoms with Crippen molar-refractivity contribution >= 4 is 32.9 Å². The average molecular weight is 471 g/mol. The van der Waals surface area contributed by atoms with E-state index in [0.717, 1.165) is 5.75 Å². The first-order valence-electron chi connectivity index (χ1n) is 12.0. The Labute approximate surface area is 205 Å². The molecule has 1 aliphatic carbocycles. The number of thiophene rings is 1. The van der Waals surface area contributed by atoms with E-state index in [1.54, 1.807) is 12.1 Å². The Balaban J connectivity index is 1.29. The van der Waals surface area contributed by atoms with E-state index in [2.05, 4.69) is 35.2 Å². The summed E-state index contributed by atoms with van der Waals surface area (Å²) >= 11 is 1.89. The van der Waals surface area contributed by atoms with Gasteiger partial charge in [0, 0.05) is 29.2 Å². The minimum Gasteiger partial charge on any atom is -0.491 e. The van der Waals surface area contributed by atoms with Gasteiger partial charge in [-0.2, -0.15) is 0 Å². The Morgan fingerprint density at radius 3 is 2.65 bits per heavy atom. The summed E-state index contributed by atoms with van der Waals surface area (Å²) in [7, 11) is 0. The molecule has 0 saturated heterocycles. The summed E-state index contributed by atoms with van der Waals surface area (Å²) in [6, 6.07) is 23.9. The zero-order valence-electron chi connectivity index (χ0n) is 19.3. The normalized spacial score (nSPS) is 13.2. The summed E-state index contributed by atoms with van der Waals surface area (Å²) in [5.41, 5.74) is 9.85. The minimum absolute atomic E-state index is 0.0660. The van der Waals surface area contributed by atoms with E-state index in [-0.39, 0.29) is 5.78 Å². The summed E-state index contributed by atoms with van der Waals surface area (Å²) in [5, 5.41) is 1.36. The molecular weight excluding hydrogens is 440 g/mol. The van der Waals surface area contributed by atoms with E-state index in [1.807, 2.05) is 41.7 Å². The molecule has 174 valence electrons. The molecule has 4 aromatic rings. The van der Waals surface area contributed by atoms with Crippen LogP contribution in [0.15, 0.2) is 72.8 Å². The van der Waals surface area contributed by atoms with Crippen LogP contribution in [-0.4, -0.2) is 30.4 Å². The van der Waals surface area contributed by atoms with E-state index in [1.165, 1.54) is 51.8 Å². The molecule has 0 spiro atoms. The van der Waals surface area contributed by atoms with Crippen LogP contribution in [0.4, 0.5) is 5.69 Å². The Morgan fingerprint density at radius 1 is 0.971 bits per heavy atom. The Bertz CT molecular complexity index is 1280. The van der Waals surface area contributed by atoms with Gasteiger partial charge >= 0.3 is 0 Å². The van der Waals surface area contributed by atoms with E-state index in [9.17, 15) is 4.79 Å². The number of benzene rings is 3. The number of hydrogen-bond donors (Lipinski definition) is 1. The molecule has 1 heterocycles. The van der Waals surface area contributed by atoms with E-state index in [0.29, 0.717) is 37.5 Å². The third kappa shape index (κ3) is 5.16. The number of carbonyl (C=O) groups is 1. The second-order valence-corrected chi connectivity index (χ2v) is 10.0. The van der Waals surface area contributed by atoms with Gasteiger partial charge in [-0.3, -0.25) is 9.69 Å². The second-order valence-electron chi connectivity index (χ2n) is 8.94. The first kappa shape index (κ1) is 22.6. The van der Waals surface area contributed by atoms with Gasteiger partial charge in [-0.25, -0.2) is 0 Å². The lowest BCUT2D eigenvalue weighted by Crippen LogP contribution is -2.33. The number of ketones is 1. The molecule has 5 rings (SSSR count). The number of Topliss-reactive ketones (excluding diaryl/α,β-unsaturated/α-hetero) is 1. The van der Waals surface area contributed by atoms with Crippen molar-refractivity contribution in [3.63, 3.8) is 0 Å². The van der Waals surface area contributed by atoms with Crippen molar-refractivity contribution in [3.05, 3.63) is 94.4 Å². The predicted molar refractivity (Wildman–Crippen MR) is 141 cm³/mol. The van der Waals surface area contributed by atoms with Crippen molar-refractivity contribution in [1.29, 1.82) is 0 Å². The van der Waals surface area contributed by atoms with Crippen LogP contribution in [0.2, 0.25) is 0 Å². The number of hydrogen-bond acceptors (Lipinski definition) is 5. The molecule has 0 bridgehead atoms. The summed E-state index contributed by atoms with van der Waals surface area (Å²) in [4.78, 5) is 16.7. The van der Waals surface area contributed by atoms with E-state index >= 15 is 0 Å². The van der Waals surface area contributed by atoms with Crippen LogP contribution in [-0.2, 0) is 19.4 Å². The van der Waals surface area contributed by atoms with Crippen molar-refractivity contribution in [1.82, 2.24) is 4.90 Å². The molecule has 5 heteroatoms. The number of anilines is 1. The molecule has 0 aliphatic heterocycles. The Hall–Kier alpha value is -3.15. The van der Waals surface area contributed by atoms with Gasteiger partial charge in [0.1, 0.15) is 12.4 Å². The van der Waals surface area contributed by atoms with Crippen LogP contribution in [0, 0.1) is 0 Å². The summed E-state index contributed by atoms with van der Waals surface area (Å²) < 4.78 is 7.57. The molecule has 0 fully saturated rings. The van der Waals surface area contributed by atoms with Crippen LogP contribution in [0.1, 0.15) is 39.2 Å². The van der Waals surface area contributed by atoms with Crippen molar-refractivity contribution in [2.24, 2.45) is 0 Å². The number of rotatable bonds is 9. The molecule has 0 unspecified atom stereocenters. The maximum absolute atomic E-state index is 13.0.